The fraction of sp³-hybridized carbons (Fsp3) is 0.125. The largest absolute Gasteiger partial charge is 0.489 e. The third-order valence-corrected chi connectivity index (χ3v) is 3.17. The maximum atomic E-state index is 13.5. The van der Waals surface area contributed by atoms with Crippen LogP contribution in [0.2, 0.25) is 0 Å². The van der Waals surface area contributed by atoms with Gasteiger partial charge in [-0.25, -0.2) is 14.6 Å². The lowest BCUT2D eigenvalue weighted by Crippen LogP contribution is -2.26. The maximum Gasteiger partial charge on any atom is 0.345 e. The zero-order valence-electron chi connectivity index (χ0n) is 12.5. The second kappa shape index (κ2) is 8.79. The molecule has 0 aliphatic rings. The van der Waals surface area contributed by atoms with E-state index in [2.05, 4.69) is 15.2 Å². The Labute approximate surface area is 138 Å². The van der Waals surface area contributed by atoms with Gasteiger partial charge in [-0.05, 0) is 23.8 Å². The quantitative estimate of drug-likeness (QED) is 0.484. The molecule has 0 aliphatic carbocycles. The molecule has 0 bridgehead atoms. The van der Waals surface area contributed by atoms with Gasteiger partial charge in [0.05, 0.1) is 6.21 Å². The molecule has 0 aliphatic heterocycles. The van der Waals surface area contributed by atoms with E-state index in [-0.39, 0.29) is 12.4 Å². The first-order chi connectivity index (χ1) is 11.2. The summed E-state index contributed by atoms with van der Waals surface area (Å²) in [7, 11) is 0. The van der Waals surface area contributed by atoms with Gasteiger partial charge < -0.3 is 4.74 Å². The van der Waals surface area contributed by atoms with Gasteiger partial charge in [-0.15, -0.1) is 0 Å². The van der Waals surface area contributed by atoms with Crippen LogP contribution in [0.25, 0.3) is 0 Å². The molecule has 0 spiro atoms. The highest BCUT2D eigenvalue weighted by Gasteiger charge is 2.02. The van der Waals surface area contributed by atoms with Gasteiger partial charge in [0.2, 0.25) is 0 Å². The summed E-state index contributed by atoms with van der Waals surface area (Å²) in [5.41, 5.74) is 3.56. The molecule has 0 aromatic heterocycles. The highest BCUT2D eigenvalue weighted by atomic mass is 32.2. The molecule has 23 heavy (non-hydrogen) atoms. The zero-order valence-corrected chi connectivity index (χ0v) is 13.3. The lowest BCUT2D eigenvalue weighted by atomic mass is 10.2. The summed E-state index contributed by atoms with van der Waals surface area (Å²) in [6.45, 7) is 0.141. The van der Waals surface area contributed by atoms with Crippen molar-refractivity contribution < 1.29 is 13.9 Å². The van der Waals surface area contributed by atoms with Gasteiger partial charge in [-0.1, -0.05) is 42.3 Å². The second-order valence-corrected chi connectivity index (χ2v) is 5.07. The number of carbonyl (C=O) groups is 1. The summed E-state index contributed by atoms with van der Waals surface area (Å²) in [6, 6.07) is 13.2. The van der Waals surface area contributed by atoms with Gasteiger partial charge in [-0.2, -0.15) is 5.10 Å². The number of hydrogen-bond donors (Lipinski definition) is 2. The molecule has 0 saturated carbocycles. The lowest BCUT2D eigenvalue weighted by Gasteiger charge is -2.07. The number of benzene rings is 2. The molecule has 2 aromatic rings. The van der Waals surface area contributed by atoms with Crippen LogP contribution in [0.4, 0.5) is 9.18 Å². The SMILES string of the molecule is CSNC(=O)N/N=C/c1cccc(OCc2ccccc2F)c1. The molecule has 5 nitrogen and oxygen atoms in total. The Kier molecular flexibility index (Phi) is 6.43. The second-order valence-electron chi connectivity index (χ2n) is 4.46. The van der Waals surface area contributed by atoms with Crippen molar-refractivity contribution in [3.63, 3.8) is 0 Å². The monoisotopic (exact) mass is 333 g/mol. The van der Waals surface area contributed by atoms with Crippen molar-refractivity contribution in [3.05, 3.63) is 65.5 Å². The molecule has 2 rings (SSSR count). The molecule has 2 amide bonds. The van der Waals surface area contributed by atoms with E-state index in [0.29, 0.717) is 11.3 Å². The van der Waals surface area contributed by atoms with Crippen molar-refractivity contribution in [1.82, 2.24) is 10.1 Å². The fourth-order valence-corrected chi connectivity index (χ4v) is 1.97. The van der Waals surface area contributed by atoms with Crippen LogP contribution in [-0.4, -0.2) is 18.5 Å². The van der Waals surface area contributed by atoms with Crippen LogP contribution in [0.15, 0.2) is 53.6 Å². The standard InChI is InChI=1S/C16H16FN3O2S/c1-23-20-16(21)19-18-10-12-5-4-7-14(9-12)22-11-13-6-2-3-8-15(13)17/h2-10H,11H2,1H3,(H2,19,20,21)/b18-10+. The minimum Gasteiger partial charge on any atom is -0.489 e. The van der Waals surface area contributed by atoms with E-state index >= 15 is 0 Å². The Morgan fingerprint density at radius 2 is 2.13 bits per heavy atom. The van der Waals surface area contributed by atoms with Crippen LogP contribution in [0.5, 0.6) is 5.75 Å². The molecular formula is C16H16FN3O2S. The van der Waals surface area contributed by atoms with Crippen molar-refractivity contribution in [2.24, 2.45) is 5.10 Å². The summed E-state index contributed by atoms with van der Waals surface area (Å²) in [6.07, 6.45) is 3.23. The average molecular weight is 333 g/mol. The number of halogens is 1. The van der Waals surface area contributed by atoms with Crippen LogP contribution in [0.3, 0.4) is 0 Å². The van der Waals surface area contributed by atoms with Crippen molar-refractivity contribution in [1.29, 1.82) is 0 Å². The molecule has 7 heteroatoms. The van der Waals surface area contributed by atoms with Crippen LogP contribution >= 0.6 is 11.9 Å². The van der Waals surface area contributed by atoms with E-state index < -0.39 is 6.03 Å². The Balaban J connectivity index is 1.93. The van der Waals surface area contributed by atoms with Gasteiger partial charge in [0.15, 0.2) is 0 Å². The topological polar surface area (TPSA) is 62.7 Å². The van der Waals surface area contributed by atoms with Crippen molar-refractivity contribution in [3.8, 4) is 5.75 Å². The fourth-order valence-electron chi connectivity index (χ4n) is 1.74. The molecule has 0 heterocycles. The molecule has 0 radical (unpaired) electrons. The normalized spacial score (nSPS) is 10.5. The summed E-state index contributed by atoms with van der Waals surface area (Å²) < 4.78 is 21.6. The number of carbonyl (C=O) groups excluding carboxylic acids is 1. The molecule has 2 N–H and O–H groups in total. The van der Waals surface area contributed by atoms with E-state index in [9.17, 15) is 9.18 Å². The first-order valence-corrected chi connectivity index (χ1v) is 8.00. The number of hydrogen-bond acceptors (Lipinski definition) is 4. The molecule has 0 atom stereocenters. The number of amides is 2. The number of nitrogens with one attached hydrogen (secondary N) is 2. The van der Waals surface area contributed by atoms with Crippen molar-refractivity contribution in [2.75, 3.05) is 6.26 Å². The minimum absolute atomic E-state index is 0.141. The van der Waals surface area contributed by atoms with Gasteiger partial charge in [0, 0.05) is 11.8 Å². The molecule has 120 valence electrons. The molecule has 2 aromatic carbocycles. The number of urea groups is 1. The van der Waals surface area contributed by atoms with Crippen LogP contribution in [0, 0.1) is 5.82 Å². The van der Waals surface area contributed by atoms with E-state index in [0.717, 1.165) is 5.56 Å². The van der Waals surface area contributed by atoms with Crippen molar-refractivity contribution >= 4 is 24.2 Å². The van der Waals surface area contributed by atoms with E-state index in [1.54, 1.807) is 42.7 Å². The number of nitrogens with zero attached hydrogens (tertiary/aromatic N) is 1. The lowest BCUT2D eigenvalue weighted by molar-refractivity contribution is 0.247. The van der Waals surface area contributed by atoms with E-state index in [1.165, 1.54) is 24.2 Å². The zero-order chi connectivity index (χ0) is 16.5. The third-order valence-electron chi connectivity index (χ3n) is 2.78. The number of ether oxygens (including phenoxy) is 1. The van der Waals surface area contributed by atoms with Crippen LogP contribution < -0.4 is 14.9 Å². The Morgan fingerprint density at radius 3 is 2.91 bits per heavy atom. The highest BCUT2D eigenvalue weighted by molar-refractivity contribution is 7.97. The summed E-state index contributed by atoms with van der Waals surface area (Å²) >= 11 is 1.18. The third kappa shape index (κ3) is 5.63. The first-order valence-electron chi connectivity index (χ1n) is 6.77. The summed E-state index contributed by atoms with van der Waals surface area (Å²) in [5, 5.41) is 3.82. The van der Waals surface area contributed by atoms with Gasteiger partial charge in [-0.3, -0.25) is 4.72 Å². The predicted molar refractivity (Wildman–Crippen MR) is 90.0 cm³/mol. The summed E-state index contributed by atoms with van der Waals surface area (Å²) in [4.78, 5) is 11.2. The van der Waals surface area contributed by atoms with Crippen molar-refractivity contribution in [2.45, 2.75) is 6.61 Å². The number of rotatable bonds is 6. The predicted octanol–water partition coefficient (Wildman–Crippen LogP) is 3.32. The maximum absolute atomic E-state index is 13.5. The Hall–Kier alpha value is -2.54. The first kappa shape index (κ1) is 16.8. The molecule has 0 unspecified atom stereocenters. The van der Waals surface area contributed by atoms with Gasteiger partial charge >= 0.3 is 6.03 Å². The Morgan fingerprint density at radius 1 is 1.30 bits per heavy atom. The van der Waals surface area contributed by atoms with E-state index in [4.69, 9.17) is 4.74 Å². The van der Waals surface area contributed by atoms with Crippen LogP contribution in [0.1, 0.15) is 11.1 Å². The highest BCUT2D eigenvalue weighted by Crippen LogP contribution is 2.15. The smallest absolute Gasteiger partial charge is 0.345 e. The van der Waals surface area contributed by atoms with E-state index in [1.807, 2.05) is 6.07 Å². The number of hydrazone groups is 1. The van der Waals surface area contributed by atoms with Gasteiger partial charge in [0.1, 0.15) is 18.2 Å². The van der Waals surface area contributed by atoms with Crippen LogP contribution in [-0.2, 0) is 6.61 Å². The molecular weight excluding hydrogens is 317 g/mol. The molecule has 0 saturated heterocycles. The van der Waals surface area contributed by atoms with Gasteiger partial charge in [0.25, 0.3) is 0 Å². The minimum atomic E-state index is -0.402. The average Bonchev–Trinajstić information content (AvgIpc) is 2.55. The molecule has 0 fully saturated rings. The Bertz CT molecular complexity index is 695. The summed E-state index contributed by atoms with van der Waals surface area (Å²) in [5.74, 6) is 0.292.